The third kappa shape index (κ3) is 4.90. The molecular formula is C25H32N3O3+. The predicted octanol–water partition coefficient (Wildman–Crippen LogP) is 1.47. The zero-order chi connectivity index (χ0) is 22.0. The van der Waals surface area contributed by atoms with Crippen molar-refractivity contribution in [1.29, 1.82) is 0 Å². The van der Waals surface area contributed by atoms with Crippen molar-refractivity contribution < 1.29 is 19.2 Å². The van der Waals surface area contributed by atoms with Gasteiger partial charge in [0.2, 0.25) is 5.91 Å². The van der Waals surface area contributed by atoms with Crippen molar-refractivity contribution in [3.8, 4) is 5.75 Å². The fraction of sp³-hybridized carbons (Fsp3) is 0.440. The third-order valence-corrected chi connectivity index (χ3v) is 6.18. The van der Waals surface area contributed by atoms with Crippen LogP contribution in [0.1, 0.15) is 37.5 Å². The topological polar surface area (TPSA) is 63.1 Å². The highest BCUT2D eigenvalue weighted by molar-refractivity contribution is 6.02. The lowest BCUT2D eigenvalue weighted by Crippen LogP contribution is -3.12. The van der Waals surface area contributed by atoms with Gasteiger partial charge in [-0.1, -0.05) is 51.1 Å². The molecule has 0 bridgehead atoms. The van der Waals surface area contributed by atoms with E-state index in [1.165, 1.54) is 16.0 Å². The van der Waals surface area contributed by atoms with Gasteiger partial charge < -0.3 is 15.0 Å². The number of hydrogen-bond acceptors (Lipinski definition) is 3. The molecule has 2 aromatic carbocycles. The summed E-state index contributed by atoms with van der Waals surface area (Å²) in [7, 11) is 0. The van der Waals surface area contributed by atoms with E-state index in [1.807, 2.05) is 18.2 Å². The summed E-state index contributed by atoms with van der Waals surface area (Å²) in [4.78, 5) is 28.2. The Bertz CT molecular complexity index is 980. The van der Waals surface area contributed by atoms with E-state index in [-0.39, 0.29) is 30.4 Å². The maximum atomic E-state index is 12.6. The molecule has 0 saturated carbocycles. The molecule has 0 fully saturated rings. The molecule has 2 amide bonds. The smallest absolute Gasteiger partial charge is 0.265 e. The molecule has 4 rings (SSSR count). The summed E-state index contributed by atoms with van der Waals surface area (Å²) in [6.45, 7) is 9.91. The number of fused-ring (bicyclic) bond motifs is 2. The zero-order valence-electron chi connectivity index (χ0n) is 18.7. The van der Waals surface area contributed by atoms with Crippen LogP contribution < -0.4 is 19.9 Å². The minimum Gasteiger partial charge on any atom is -0.482 e. The summed E-state index contributed by atoms with van der Waals surface area (Å²) >= 11 is 0. The zero-order valence-corrected chi connectivity index (χ0v) is 18.7. The summed E-state index contributed by atoms with van der Waals surface area (Å²) in [5.41, 5.74) is 4.56. The molecule has 0 radical (unpaired) electrons. The number of carbonyl (C=O) groups excluding carboxylic acids is 2. The second kappa shape index (κ2) is 8.71. The van der Waals surface area contributed by atoms with Crippen LogP contribution in [0.4, 0.5) is 5.69 Å². The van der Waals surface area contributed by atoms with Gasteiger partial charge in [0.15, 0.2) is 6.61 Å². The van der Waals surface area contributed by atoms with Gasteiger partial charge in [0.25, 0.3) is 5.91 Å². The average Bonchev–Trinajstić information content (AvgIpc) is 2.74. The first-order chi connectivity index (χ1) is 14.8. The van der Waals surface area contributed by atoms with Gasteiger partial charge >= 0.3 is 0 Å². The molecular weight excluding hydrogens is 390 g/mol. The second-order valence-electron chi connectivity index (χ2n) is 9.50. The summed E-state index contributed by atoms with van der Waals surface area (Å²) in [6, 6.07) is 14.5. The third-order valence-electron chi connectivity index (χ3n) is 6.18. The molecule has 2 aliphatic heterocycles. The predicted molar refractivity (Wildman–Crippen MR) is 121 cm³/mol. The number of nitrogens with one attached hydrogen (secondary N) is 2. The van der Waals surface area contributed by atoms with Crippen molar-refractivity contribution >= 4 is 17.5 Å². The Morgan fingerprint density at radius 1 is 1.16 bits per heavy atom. The minimum absolute atomic E-state index is 0.0148. The number of rotatable bonds is 5. The molecule has 0 aromatic heterocycles. The normalized spacial score (nSPS) is 18.1. The monoisotopic (exact) mass is 422 g/mol. The Kier molecular flexibility index (Phi) is 6.01. The van der Waals surface area contributed by atoms with Crippen LogP contribution in [0, 0.1) is 0 Å². The minimum atomic E-state index is -0.188. The van der Waals surface area contributed by atoms with Crippen LogP contribution in [0.5, 0.6) is 5.75 Å². The molecule has 1 unspecified atom stereocenters. The Hall–Kier alpha value is -2.86. The molecule has 2 N–H and O–H groups in total. The number of nitrogens with zero attached hydrogens (tertiary/aromatic N) is 1. The first-order valence-corrected chi connectivity index (χ1v) is 11.1. The number of anilines is 1. The van der Waals surface area contributed by atoms with Gasteiger partial charge in [-0.05, 0) is 28.7 Å². The van der Waals surface area contributed by atoms with Crippen molar-refractivity contribution in [3.05, 3.63) is 59.2 Å². The quantitative estimate of drug-likeness (QED) is 0.767. The first-order valence-electron chi connectivity index (χ1n) is 11.1. The van der Waals surface area contributed by atoms with E-state index in [0.717, 1.165) is 31.6 Å². The van der Waals surface area contributed by atoms with Crippen LogP contribution in [-0.4, -0.2) is 44.6 Å². The highest BCUT2D eigenvalue weighted by Gasteiger charge is 2.29. The van der Waals surface area contributed by atoms with Gasteiger partial charge in [0.1, 0.15) is 18.8 Å². The Morgan fingerprint density at radius 2 is 1.94 bits per heavy atom. The number of benzene rings is 2. The molecule has 31 heavy (non-hydrogen) atoms. The number of ether oxygens (including phenoxy) is 1. The van der Waals surface area contributed by atoms with Crippen LogP contribution in [0.2, 0.25) is 0 Å². The van der Waals surface area contributed by atoms with Crippen molar-refractivity contribution in [2.24, 2.45) is 0 Å². The van der Waals surface area contributed by atoms with Gasteiger partial charge in [0.05, 0.1) is 25.3 Å². The number of amides is 2. The molecule has 0 aliphatic carbocycles. The van der Waals surface area contributed by atoms with Crippen molar-refractivity contribution in [2.45, 2.75) is 39.2 Å². The fourth-order valence-corrected chi connectivity index (χ4v) is 4.28. The SMILES string of the molecule is CC(C)(C)c1ccc2c(c1)N(CC(=O)NCC[NH+]1CCc3ccccc3C1)C(=O)CO2. The van der Waals surface area contributed by atoms with Gasteiger partial charge in [-0.15, -0.1) is 0 Å². The fourth-order valence-electron chi connectivity index (χ4n) is 4.28. The van der Waals surface area contributed by atoms with Crippen molar-refractivity contribution in [2.75, 3.05) is 37.7 Å². The van der Waals surface area contributed by atoms with E-state index in [4.69, 9.17) is 4.74 Å². The van der Waals surface area contributed by atoms with E-state index in [1.54, 1.807) is 4.90 Å². The molecule has 6 nitrogen and oxygen atoms in total. The Labute approximate surface area is 184 Å². The molecule has 1 atom stereocenters. The lowest BCUT2D eigenvalue weighted by atomic mass is 9.86. The first kappa shape index (κ1) is 21.4. The number of quaternary nitrogens is 1. The van der Waals surface area contributed by atoms with Crippen LogP contribution in [0.25, 0.3) is 0 Å². The molecule has 2 heterocycles. The highest BCUT2D eigenvalue weighted by Crippen LogP contribution is 2.36. The summed E-state index contributed by atoms with van der Waals surface area (Å²) in [5.74, 6) is 0.322. The van der Waals surface area contributed by atoms with Crippen LogP contribution in [0.15, 0.2) is 42.5 Å². The maximum absolute atomic E-state index is 12.6. The Balaban J connectivity index is 1.34. The second-order valence-corrected chi connectivity index (χ2v) is 9.50. The van der Waals surface area contributed by atoms with Gasteiger partial charge in [-0.25, -0.2) is 0 Å². The van der Waals surface area contributed by atoms with Gasteiger partial charge in [0, 0.05) is 12.0 Å². The van der Waals surface area contributed by atoms with E-state index < -0.39 is 0 Å². The van der Waals surface area contributed by atoms with Crippen molar-refractivity contribution in [1.82, 2.24) is 5.32 Å². The largest absolute Gasteiger partial charge is 0.482 e. The molecule has 6 heteroatoms. The molecule has 164 valence electrons. The summed E-state index contributed by atoms with van der Waals surface area (Å²) in [5, 5.41) is 3.00. The molecule has 2 aromatic rings. The van der Waals surface area contributed by atoms with E-state index >= 15 is 0 Å². The lowest BCUT2D eigenvalue weighted by Gasteiger charge is -2.31. The Morgan fingerprint density at radius 3 is 2.71 bits per heavy atom. The van der Waals surface area contributed by atoms with Gasteiger partial charge in [-0.3, -0.25) is 14.5 Å². The van der Waals surface area contributed by atoms with E-state index in [0.29, 0.717) is 18.0 Å². The van der Waals surface area contributed by atoms with E-state index in [2.05, 4.69) is 50.4 Å². The van der Waals surface area contributed by atoms with Gasteiger partial charge in [-0.2, -0.15) is 0 Å². The molecule has 2 aliphatic rings. The van der Waals surface area contributed by atoms with Crippen LogP contribution in [0.3, 0.4) is 0 Å². The summed E-state index contributed by atoms with van der Waals surface area (Å²) in [6.07, 6.45) is 1.08. The highest BCUT2D eigenvalue weighted by atomic mass is 16.5. The average molecular weight is 423 g/mol. The van der Waals surface area contributed by atoms with Crippen molar-refractivity contribution in [3.63, 3.8) is 0 Å². The van der Waals surface area contributed by atoms with Crippen LogP contribution >= 0.6 is 0 Å². The molecule has 0 spiro atoms. The maximum Gasteiger partial charge on any atom is 0.265 e. The number of hydrogen-bond donors (Lipinski definition) is 2. The standard InChI is InChI=1S/C25H31N3O3/c1-25(2,3)20-8-9-22-21(14-20)28(24(30)17-31-22)16-23(29)26-11-13-27-12-10-18-6-4-5-7-19(18)15-27/h4-9,14H,10-13,15-17H2,1-3H3,(H,26,29)/p+1. The molecule has 0 saturated heterocycles. The summed E-state index contributed by atoms with van der Waals surface area (Å²) < 4.78 is 5.58. The lowest BCUT2D eigenvalue weighted by molar-refractivity contribution is -0.914. The number of carbonyl (C=O) groups is 2. The van der Waals surface area contributed by atoms with Crippen LogP contribution in [-0.2, 0) is 28.0 Å². The van der Waals surface area contributed by atoms with E-state index in [9.17, 15) is 9.59 Å².